The standard InChI is InChI=1S/C10H14FN3O3S/c1-7-3-4-9(8(11)5-7)14(18(2,16)17)6-10(15)13-12/h3-5H,6,12H2,1-2H3,(H,13,15). The van der Waals surface area contributed by atoms with E-state index in [9.17, 15) is 17.6 Å². The quantitative estimate of drug-likeness (QED) is 0.455. The first-order valence-electron chi connectivity index (χ1n) is 4.99. The zero-order valence-corrected chi connectivity index (χ0v) is 10.8. The molecular weight excluding hydrogens is 261 g/mol. The number of nitrogens with one attached hydrogen (secondary N) is 1. The Hall–Kier alpha value is -1.67. The average Bonchev–Trinajstić information content (AvgIpc) is 2.25. The number of sulfonamides is 1. The van der Waals surface area contributed by atoms with Gasteiger partial charge >= 0.3 is 0 Å². The van der Waals surface area contributed by atoms with Gasteiger partial charge in [0.15, 0.2) is 0 Å². The third-order valence-electron chi connectivity index (χ3n) is 2.22. The van der Waals surface area contributed by atoms with E-state index in [2.05, 4.69) is 0 Å². The summed E-state index contributed by atoms with van der Waals surface area (Å²) in [5.74, 6) is 3.44. The van der Waals surface area contributed by atoms with Gasteiger partial charge in [-0.15, -0.1) is 0 Å². The van der Waals surface area contributed by atoms with E-state index in [0.717, 1.165) is 6.26 Å². The summed E-state index contributed by atoms with van der Waals surface area (Å²) in [6.45, 7) is 1.10. The molecule has 0 radical (unpaired) electrons. The molecule has 0 aromatic heterocycles. The molecule has 1 aromatic rings. The molecule has 0 unspecified atom stereocenters. The number of hydrogen-bond donors (Lipinski definition) is 2. The molecule has 0 aliphatic rings. The molecule has 1 amide bonds. The van der Waals surface area contributed by atoms with Crippen molar-refractivity contribution in [3.63, 3.8) is 0 Å². The van der Waals surface area contributed by atoms with Crippen molar-refractivity contribution in [2.75, 3.05) is 17.1 Å². The third kappa shape index (κ3) is 3.41. The Bertz CT molecular complexity index is 559. The zero-order valence-electron chi connectivity index (χ0n) is 9.97. The van der Waals surface area contributed by atoms with Gasteiger partial charge in [-0.05, 0) is 24.6 Å². The number of carbonyl (C=O) groups excluding carboxylic acids is 1. The lowest BCUT2D eigenvalue weighted by Crippen LogP contribution is -2.43. The number of amides is 1. The summed E-state index contributed by atoms with van der Waals surface area (Å²) in [4.78, 5) is 11.2. The average molecular weight is 275 g/mol. The fourth-order valence-corrected chi connectivity index (χ4v) is 2.23. The normalized spacial score (nSPS) is 11.1. The van der Waals surface area contributed by atoms with Gasteiger partial charge in [0.2, 0.25) is 10.0 Å². The Morgan fingerprint density at radius 1 is 1.50 bits per heavy atom. The van der Waals surface area contributed by atoms with Crippen molar-refractivity contribution >= 4 is 21.6 Å². The van der Waals surface area contributed by atoms with Gasteiger partial charge in [0.05, 0.1) is 11.9 Å². The van der Waals surface area contributed by atoms with Gasteiger partial charge in [-0.3, -0.25) is 14.5 Å². The molecule has 3 N–H and O–H groups in total. The van der Waals surface area contributed by atoms with Crippen LogP contribution in [0.1, 0.15) is 5.56 Å². The number of hydrogen-bond acceptors (Lipinski definition) is 4. The first-order chi connectivity index (χ1) is 8.25. The summed E-state index contributed by atoms with van der Waals surface area (Å²) in [5.41, 5.74) is 2.26. The number of nitrogens with zero attached hydrogens (tertiary/aromatic N) is 1. The smallest absolute Gasteiger partial charge is 0.254 e. The summed E-state index contributed by atoms with van der Waals surface area (Å²) in [6, 6.07) is 4.04. The number of aryl methyl sites for hydroxylation is 1. The summed E-state index contributed by atoms with van der Waals surface area (Å²) < 4.78 is 37.5. The van der Waals surface area contributed by atoms with Gasteiger partial charge in [0.1, 0.15) is 12.4 Å². The van der Waals surface area contributed by atoms with Crippen molar-refractivity contribution in [3.8, 4) is 0 Å². The van der Waals surface area contributed by atoms with E-state index in [-0.39, 0.29) is 5.69 Å². The highest BCUT2D eigenvalue weighted by Gasteiger charge is 2.23. The minimum atomic E-state index is -3.78. The van der Waals surface area contributed by atoms with Gasteiger partial charge in [0, 0.05) is 0 Å². The van der Waals surface area contributed by atoms with Crippen molar-refractivity contribution in [2.24, 2.45) is 5.84 Å². The van der Waals surface area contributed by atoms with E-state index in [1.807, 2.05) is 0 Å². The maximum absolute atomic E-state index is 13.7. The van der Waals surface area contributed by atoms with Gasteiger partial charge < -0.3 is 0 Å². The lowest BCUT2D eigenvalue weighted by atomic mass is 10.2. The molecule has 1 rings (SSSR count). The second kappa shape index (κ2) is 5.32. The lowest BCUT2D eigenvalue weighted by Gasteiger charge is -2.22. The van der Waals surface area contributed by atoms with E-state index in [1.165, 1.54) is 12.1 Å². The third-order valence-corrected chi connectivity index (χ3v) is 3.35. The Kier molecular flexibility index (Phi) is 4.25. The molecule has 18 heavy (non-hydrogen) atoms. The largest absolute Gasteiger partial charge is 0.293 e. The van der Waals surface area contributed by atoms with Crippen molar-refractivity contribution in [3.05, 3.63) is 29.6 Å². The number of hydrazine groups is 1. The number of carbonyl (C=O) groups is 1. The van der Waals surface area contributed by atoms with E-state index in [4.69, 9.17) is 5.84 Å². The van der Waals surface area contributed by atoms with Gasteiger partial charge in [0.25, 0.3) is 5.91 Å². The van der Waals surface area contributed by atoms with Crippen LogP contribution in [0.2, 0.25) is 0 Å². The molecule has 100 valence electrons. The Morgan fingerprint density at radius 2 is 2.11 bits per heavy atom. The van der Waals surface area contributed by atoms with Crippen LogP contribution in [0, 0.1) is 12.7 Å². The fraction of sp³-hybridized carbons (Fsp3) is 0.300. The number of benzene rings is 1. The van der Waals surface area contributed by atoms with Crippen LogP contribution in [0.25, 0.3) is 0 Å². The topological polar surface area (TPSA) is 92.5 Å². The SMILES string of the molecule is Cc1ccc(N(CC(=O)NN)S(C)(=O)=O)c(F)c1. The van der Waals surface area contributed by atoms with Gasteiger partial charge in [-0.2, -0.15) is 0 Å². The Morgan fingerprint density at radius 3 is 2.56 bits per heavy atom. The van der Waals surface area contributed by atoms with Crippen molar-refractivity contribution in [1.29, 1.82) is 0 Å². The van der Waals surface area contributed by atoms with Crippen LogP contribution in [0.15, 0.2) is 18.2 Å². The van der Waals surface area contributed by atoms with E-state index >= 15 is 0 Å². The molecule has 0 heterocycles. The second-order valence-electron chi connectivity index (χ2n) is 3.79. The molecule has 0 saturated carbocycles. The molecule has 0 fully saturated rings. The zero-order chi connectivity index (χ0) is 13.9. The summed E-state index contributed by atoms with van der Waals surface area (Å²) >= 11 is 0. The van der Waals surface area contributed by atoms with Crippen LogP contribution in [0.4, 0.5) is 10.1 Å². The van der Waals surface area contributed by atoms with Crippen LogP contribution in [-0.4, -0.2) is 27.1 Å². The molecule has 1 aromatic carbocycles. The van der Waals surface area contributed by atoms with Gasteiger partial charge in [-0.25, -0.2) is 18.7 Å². The minimum absolute atomic E-state index is 0.188. The van der Waals surface area contributed by atoms with Crippen LogP contribution < -0.4 is 15.6 Å². The number of halogens is 1. The summed E-state index contributed by atoms with van der Waals surface area (Å²) in [6.07, 6.45) is 0.885. The van der Waals surface area contributed by atoms with Crippen LogP contribution >= 0.6 is 0 Å². The minimum Gasteiger partial charge on any atom is -0.293 e. The van der Waals surface area contributed by atoms with Crippen molar-refractivity contribution in [2.45, 2.75) is 6.92 Å². The maximum atomic E-state index is 13.7. The lowest BCUT2D eigenvalue weighted by molar-refractivity contribution is -0.119. The molecular formula is C10H14FN3O3S. The monoisotopic (exact) mass is 275 g/mol. The highest BCUT2D eigenvalue weighted by atomic mass is 32.2. The van der Waals surface area contributed by atoms with Crippen LogP contribution in [0.3, 0.4) is 0 Å². The highest BCUT2D eigenvalue weighted by Crippen LogP contribution is 2.22. The van der Waals surface area contributed by atoms with Gasteiger partial charge in [-0.1, -0.05) is 6.07 Å². The van der Waals surface area contributed by atoms with E-state index in [1.54, 1.807) is 18.4 Å². The number of rotatable bonds is 4. The van der Waals surface area contributed by atoms with Crippen LogP contribution in [-0.2, 0) is 14.8 Å². The first kappa shape index (κ1) is 14.4. The molecule has 0 spiro atoms. The maximum Gasteiger partial charge on any atom is 0.254 e. The number of nitrogens with two attached hydrogens (primary N) is 1. The molecule has 6 nitrogen and oxygen atoms in total. The molecule has 0 aliphatic heterocycles. The molecule has 8 heteroatoms. The van der Waals surface area contributed by atoms with E-state index < -0.39 is 28.3 Å². The highest BCUT2D eigenvalue weighted by molar-refractivity contribution is 7.92. The Balaban J connectivity index is 3.22. The summed E-state index contributed by atoms with van der Waals surface area (Å²) in [7, 11) is -3.78. The van der Waals surface area contributed by atoms with Crippen LogP contribution in [0.5, 0.6) is 0 Å². The second-order valence-corrected chi connectivity index (χ2v) is 5.70. The summed E-state index contributed by atoms with van der Waals surface area (Å²) in [5, 5.41) is 0. The van der Waals surface area contributed by atoms with Crippen molar-refractivity contribution in [1.82, 2.24) is 5.43 Å². The molecule has 0 bridgehead atoms. The Labute approximate surface area is 105 Å². The first-order valence-corrected chi connectivity index (χ1v) is 6.84. The molecule has 0 aliphatic carbocycles. The van der Waals surface area contributed by atoms with E-state index in [0.29, 0.717) is 9.87 Å². The fourth-order valence-electron chi connectivity index (χ4n) is 1.37. The predicted octanol–water partition coefficient (Wildman–Crippen LogP) is -0.110. The number of anilines is 1. The predicted molar refractivity (Wildman–Crippen MR) is 65.7 cm³/mol. The molecule has 0 saturated heterocycles. The molecule has 0 atom stereocenters. The van der Waals surface area contributed by atoms with Crippen molar-refractivity contribution < 1.29 is 17.6 Å².